The zero-order chi connectivity index (χ0) is 11.8. The molecular weight excluding hydrogens is 184 g/mol. The maximum atomic E-state index is 11.6. The quantitative estimate of drug-likeness (QED) is 0.581. The number of rotatable bonds is 8. The Hall–Kier alpha value is -0.330. The van der Waals surface area contributed by atoms with E-state index in [1.165, 1.54) is 19.3 Å². The van der Waals surface area contributed by atoms with Crippen LogP contribution in [0.15, 0.2) is 0 Å². The Kier molecular flexibility index (Phi) is 7.72. The molecule has 0 amide bonds. The Morgan fingerprint density at radius 2 is 1.47 bits per heavy atom. The van der Waals surface area contributed by atoms with Gasteiger partial charge in [0.05, 0.1) is 0 Å². The van der Waals surface area contributed by atoms with Crippen LogP contribution in [-0.2, 0) is 4.79 Å². The molecule has 0 N–H and O–H groups in total. The van der Waals surface area contributed by atoms with E-state index in [1.807, 2.05) is 0 Å². The van der Waals surface area contributed by atoms with E-state index in [-0.39, 0.29) is 0 Å². The predicted molar refractivity (Wildman–Crippen MR) is 66.9 cm³/mol. The normalized spacial score (nSPS) is 13.5. The SMILES string of the molecule is CC(C)CCCC(C)CC(=O)CC(C)C. The van der Waals surface area contributed by atoms with Gasteiger partial charge >= 0.3 is 0 Å². The molecule has 0 radical (unpaired) electrons. The van der Waals surface area contributed by atoms with E-state index >= 15 is 0 Å². The number of hydrogen-bond donors (Lipinski definition) is 0. The first-order valence-electron chi connectivity index (χ1n) is 6.43. The van der Waals surface area contributed by atoms with Crippen molar-refractivity contribution in [2.75, 3.05) is 0 Å². The average molecular weight is 212 g/mol. The van der Waals surface area contributed by atoms with Gasteiger partial charge < -0.3 is 0 Å². The molecule has 15 heavy (non-hydrogen) atoms. The van der Waals surface area contributed by atoms with E-state index in [0.29, 0.717) is 17.6 Å². The summed E-state index contributed by atoms with van der Waals surface area (Å²) in [6.45, 7) is 10.9. The molecule has 0 saturated carbocycles. The highest BCUT2D eigenvalue weighted by Gasteiger charge is 2.10. The highest BCUT2D eigenvalue weighted by Crippen LogP contribution is 2.17. The third-order valence-electron chi connectivity index (χ3n) is 2.69. The molecule has 90 valence electrons. The molecule has 1 nitrogen and oxygen atoms in total. The van der Waals surface area contributed by atoms with Gasteiger partial charge in [-0.2, -0.15) is 0 Å². The van der Waals surface area contributed by atoms with Crippen LogP contribution in [-0.4, -0.2) is 5.78 Å². The molecule has 0 saturated heterocycles. The molecule has 1 atom stereocenters. The van der Waals surface area contributed by atoms with Crippen LogP contribution < -0.4 is 0 Å². The molecule has 0 aromatic carbocycles. The second-order valence-electron chi connectivity index (χ2n) is 5.77. The molecule has 1 heteroatoms. The van der Waals surface area contributed by atoms with Crippen molar-refractivity contribution in [1.82, 2.24) is 0 Å². The molecule has 0 aromatic rings. The van der Waals surface area contributed by atoms with E-state index in [2.05, 4.69) is 34.6 Å². The average Bonchev–Trinajstić information content (AvgIpc) is 2.00. The smallest absolute Gasteiger partial charge is 0.133 e. The van der Waals surface area contributed by atoms with Gasteiger partial charge in [0.15, 0.2) is 0 Å². The van der Waals surface area contributed by atoms with Crippen molar-refractivity contribution in [2.45, 2.75) is 66.7 Å². The molecule has 0 bridgehead atoms. The molecule has 0 rings (SSSR count). The van der Waals surface area contributed by atoms with Crippen molar-refractivity contribution in [3.05, 3.63) is 0 Å². The molecule has 0 aromatic heterocycles. The standard InChI is InChI=1S/C14H28O/c1-11(2)7-6-8-13(5)10-14(15)9-12(3)4/h11-13H,6-10H2,1-5H3. The van der Waals surface area contributed by atoms with Gasteiger partial charge in [-0.3, -0.25) is 4.79 Å². The summed E-state index contributed by atoms with van der Waals surface area (Å²) in [4.78, 5) is 11.6. The predicted octanol–water partition coefficient (Wildman–Crippen LogP) is 4.45. The molecule has 0 spiro atoms. The van der Waals surface area contributed by atoms with E-state index in [4.69, 9.17) is 0 Å². The maximum absolute atomic E-state index is 11.6. The van der Waals surface area contributed by atoms with E-state index < -0.39 is 0 Å². The lowest BCUT2D eigenvalue weighted by atomic mass is 9.93. The Bertz CT molecular complexity index is 170. The number of carbonyl (C=O) groups excluding carboxylic acids is 1. The summed E-state index contributed by atoms with van der Waals surface area (Å²) in [6, 6.07) is 0. The minimum Gasteiger partial charge on any atom is -0.300 e. The summed E-state index contributed by atoms with van der Waals surface area (Å²) < 4.78 is 0. The van der Waals surface area contributed by atoms with Crippen LogP contribution in [0.25, 0.3) is 0 Å². The van der Waals surface area contributed by atoms with Gasteiger partial charge in [0.25, 0.3) is 0 Å². The highest BCUT2D eigenvalue weighted by atomic mass is 16.1. The van der Waals surface area contributed by atoms with Gasteiger partial charge in [-0.05, 0) is 17.8 Å². The van der Waals surface area contributed by atoms with Crippen molar-refractivity contribution >= 4 is 5.78 Å². The monoisotopic (exact) mass is 212 g/mol. The van der Waals surface area contributed by atoms with Crippen LogP contribution in [0.5, 0.6) is 0 Å². The summed E-state index contributed by atoms with van der Waals surface area (Å²) in [6.07, 6.45) is 5.32. The van der Waals surface area contributed by atoms with Gasteiger partial charge in [-0.1, -0.05) is 53.9 Å². The minimum atomic E-state index is 0.446. The molecular formula is C14H28O. The minimum absolute atomic E-state index is 0.446. The Morgan fingerprint density at radius 3 is 1.93 bits per heavy atom. The molecule has 0 aliphatic rings. The lowest BCUT2D eigenvalue weighted by molar-refractivity contribution is -0.120. The number of Topliss-reactive ketones (excluding diaryl/α,β-unsaturated/α-hetero) is 1. The Balaban J connectivity index is 3.55. The summed E-state index contributed by atoms with van der Waals surface area (Å²) >= 11 is 0. The number of carbonyl (C=O) groups is 1. The summed E-state index contributed by atoms with van der Waals surface area (Å²) in [5, 5.41) is 0. The van der Waals surface area contributed by atoms with Crippen LogP contribution in [0.1, 0.15) is 66.7 Å². The van der Waals surface area contributed by atoms with Crippen LogP contribution >= 0.6 is 0 Å². The zero-order valence-corrected chi connectivity index (χ0v) is 11.2. The second kappa shape index (κ2) is 7.90. The number of hydrogen-bond acceptors (Lipinski definition) is 1. The lowest BCUT2D eigenvalue weighted by Crippen LogP contribution is -2.08. The van der Waals surface area contributed by atoms with Crippen molar-refractivity contribution in [1.29, 1.82) is 0 Å². The third kappa shape index (κ3) is 9.96. The fourth-order valence-electron chi connectivity index (χ4n) is 1.90. The van der Waals surface area contributed by atoms with Crippen LogP contribution in [0, 0.1) is 17.8 Å². The largest absolute Gasteiger partial charge is 0.300 e. The van der Waals surface area contributed by atoms with Crippen LogP contribution in [0.4, 0.5) is 0 Å². The van der Waals surface area contributed by atoms with Gasteiger partial charge in [0, 0.05) is 12.8 Å². The van der Waals surface area contributed by atoms with Crippen LogP contribution in [0.3, 0.4) is 0 Å². The fourth-order valence-corrected chi connectivity index (χ4v) is 1.90. The molecule has 0 aliphatic heterocycles. The number of ketones is 1. The van der Waals surface area contributed by atoms with Crippen molar-refractivity contribution < 1.29 is 4.79 Å². The molecule has 0 fully saturated rings. The second-order valence-corrected chi connectivity index (χ2v) is 5.77. The molecule has 0 aliphatic carbocycles. The van der Waals surface area contributed by atoms with Crippen molar-refractivity contribution in [3.63, 3.8) is 0 Å². The Labute approximate surface area is 95.6 Å². The molecule has 1 unspecified atom stereocenters. The van der Waals surface area contributed by atoms with E-state index in [0.717, 1.165) is 18.8 Å². The Morgan fingerprint density at radius 1 is 0.867 bits per heavy atom. The topological polar surface area (TPSA) is 17.1 Å². The zero-order valence-electron chi connectivity index (χ0n) is 11.2. The fraction of sp³-hybridized carbons (Fsp3) is 0.929. The van der Waals surface area contributed by atoms with Gasteiger partial charge in [-0.25, -0.2) is 0 Å². The first-order valence-corrected chi connectivity index (χ1v) is 6.43. The molecule has 0 heterocycles. The first kappa shape index (κ1) is 14.7. The van der Waals surface area contributed by atoms with Gasteiger partial charge in [0.2, 0.25) is 0 Å². The van der Waals surface area contributed by atoms with E-state index in [9.17, 15) is 4.79 Å². The van der Waals surface area contributed by atoms with Crippen LogP contribution in [0.2, 0.25) is 0 Å². The summed E-state index contributed by atoms with van der Waals surface area (Å²) in [7, 11) is 0. The summed E-state index contributed by atoms with van der Waals surface area (Å²) in [5.41, 5.74) is 0. The first-order chi connectivity index (χ1) is 6.91. The van der Waals surface area contributed by atoms with Crippen molar-refractivity contribution in [3.8, 4) is 0 Å². The highest BCUT2D eigenvalue weighted by molar-refractivity contribution is 5.78. The van der Waals surface area contributed by atoms with Gasteiger partial charge in [-0.15, -0.1) is 0 Å². The maximum Gasteiger partial charge on any atom is 0.133 e. The third-order valence-corrected chi connectivity index (χ3v) is 2.69. The van der Waals surface area contributed by atoms with E-state index in [1.54, 1.807) is 0 Å². The van der Waals surface area contributed by atoms with Gasteiger partial charge in [0.1, 0.15) is 5.78 Å². The van der Waals surface area contributed by atoms with Crippen molar-refractivity contribution in [2.24, 2.45) is 17.8 Å². The lowest BCUT2D eigenvalue weighted by Gasteiger charge is -2.12. The summed E-state index contributed by atoms with van der Waals surface area (Å²) in [5.74, 6) is 2.33.